The minimum atomic E-state index is 0.194. The Morgan fingerprint density at radius 3 is 2.59 bits per heavy atom. The van der Waals surface area contributed by atoms with Crippen LogP contribution >= 0.6 is 0 Å². The van der Waals surface area contributed by atoms with Crippen molar-refractivity contribution in [2.45, 2.75) is 32.6 Å². The second-order valence-electron chi connectivity index (χ2n) is 5.82. The Bertz CT molecular complexity index is 255. The van der Waals surface area contributed by atoms with E-state index in [1.165, 1.54) is 25.7 Å². The van der Waals surface area contributed by atoms with Crippen molar-refractivity contribution in [3.63, 3.8) is 0 Å². The first-order chi connectivity index (χ1) is 8.18. The molecule has 1 heterocycles. The molecule has 4 heteroatoms. The van der Waals surface area contributed by atoms with Crippen molar-refractivity contribution >= 4 is 5.91 Å². The molecule has 4 nitrogen and oxygen atoms in total. The first-order valence-corrected chi connectivity index (χ1v) is 6.88. The van der Waals surface area contributed by atoms with Gasteiger partial charge in [-0.1, -0.05) is 19.8 Å². The van der Waals surface area contributed by atoms with Gasteiger partial charge in [0.1, 0.15) is 0 Å². The summed E-state index contributed by atoms with van der Waals surface area (Å²) in [6.07, 6.45) is 5.18. The van der Waals surface area contributed by atoms with Crippen LogP contribution in [0.25, 0.3) is 0 Å². The fraction of sp³-hybridized carbons (Fsp3) is 0.923. The van der Waals surface area contributed by atoms with Crippen molar-refractivity contribution in [3.05, 3.63) is 0 Å². The van der Waals surface area contributed by atoms with Crippen LogP contribution in [0.5, 0.6) is 0 Å². The summed E-state index contributed by atoms with van der Waals surface area (Å²) in [6, 6.07) is 0. The van der Waals surface area contributed by atoms with E-state index in [9.17, 15) is 4.79 Å². The number of carbonyl (C=O) groups is 1. The van der Waals surface area contributed by atoms with Crippen molar-refractivity contribution in [3.8, 4) is 0 Å². The third-order valence-corrected chi connectivity index (χ3v) is 4.10. The summed E-state index contributed by atoms with van der Waals surface area (Å²) in [7, 11) is 0. The summed E-state index contributed by atoms with van der Waals surface area (Å²) in [5, 5.41) is 6.41. The van der Waals surface area contributed by atoms with Crippen molar-refractivity contribution in [2.75, 3.05) is 39.3 Å². The number of nitrogens with one attached hydrogen (secondary N) is 2. The average Bonchev–Trinajstić information content (AvgIpc) is 2.76. The van der Waals surface area contributed by atoms with Crippen LogP contribution in [0.3, 0.4) is 0 Å². The van der Waals surface area contributed by atoms with Crippen LogP contribution in [-0.2, 0) is 4.79 Å². The van der Waals surface area contributed by atoms with Gasteiger partial charge < -0.3 is 10.6 Å². The normalized spacial score (nSPS) is 24.8. The van der Waals surface area contributed by atoms with Gasteiger partial charge in [0.05, 0.1) is 6.54 Å². The van der Waals surface area contributed by atoms with Gasteiger partial charge in [-0.25, -0.2) is 0 Å². The number of rotatable bonds is 4. The molecule has 0 unspecified atom stereocenters. The van der Waals surface area contributed by atoms with Gasteiger partial charge in [0.15, 0.2) is 0 Å². The molecule has 2 aliphatic rings. The van der Waals surface area contributed by atoms with E-state index in [2.05, 4.69) is 22.5 Å². The highest BCUT2D eigenvalue weighted by molar-refractivity contribution is 5.78. The minimum Gasteiger partial charge on any atom is -0.354 e. The summed E-state index contributed by atoms with van der Waals surface area (Å²) in [5.41, 5.74) is 0.360. The SMILES string of the molecule is CC1(CNC(=O)CN2CCNCC2)CCCC1. The fourth-order valence-corrected chi connectivity index (χ4v) is 2.85. The molecule has 0 aromatic carbocycles. The van der Waals surface area contributed by atoms with E-state index in [1.807, 2.05) is 0 Å². The number of piperazine rings is 1. The van der Waals surface area contributed by atoms with Crippen molar-refractivity contribution in [1.82, 2.24) is 15.5 Å². The van der Waals surface area contributed by atoms with Gasteiger partial charge in [-0.15, -0.1) is 0 Å². The van der Waals surface area contributed by atoms with Gasteiger partial charge >= 0.3 is 0 Å². The first kappa shape index (κ1) is 12.8. The molecule has 2 N–H and O–H groups in total. The minimum absolute atomic E-state index is 0.194. The highest BCUT2D eigenvalue weighted by Gasteiger charge is 2.28. The van der Waals surface area contributed by atoms with E-state index >= 15 is 0 Å². The second-order valence-corrected chi connectivity index (χ2v) is 5.82. The zero-order valence-corrected chi connectivity index (χ0v) is 10.9. The Kier molecular flexibility index (Phi) is 4.40. The largest absolute Gasteiger partial charge is 0.354 e. The lowest BCUT2D eigenvalue weighted by atomic mass is 9.89. The monoisotopic (exact) mass is 239 g/mol. The number of hydrogen-bond acceptors (Lipinski definition) is 3. The van der Waals surface area contributed by atoms with Crippen LogP contribution in [0, 0.1) is 5.41 Å². The molecule has 1 saturated carbocycles. The van der Waals surface area contributed by atoms with Crippen molar-refractivity contribution < 1.29 is 4.79 Å². The third kappa shape index (κ3) is 3.96. The van der Waals surface area contributed by atoms with Gasteiger partial charge in [-0.3, -0.25) is 9.69 Å². The van der Waals surface area contributed by atoms with Gasteiger partial charge in [0.25, 0.3) is 0 Å². The molecule has 2 fully saturated rings. The quantitative estimate of drug-likeness (QED) is 0.754. The van der Waals surface area contributed by atoms with Crippen LogP contribution in [-0.4, -0.2) is 50.1 Å². The summed E-state index contributed by atoms with van der Waals surface area (Å²) in [5.74, 6) is 0.194. The van der Waals surface area contributed by atoms with E-state index in [-0.39, 0.29) is 5.91 Å². The number of nitrogens with zero attached hydrogens (tertiary/aromatic N) is 1. The smallest absolute Gasteiger partial charge is 0.234 e. The molecular weight excluding hydrogens is 214 g/mol. The summed E-state index contributed by atoms with van der Waals surface area (Å²) >= 11 is 0. The molecule has 0 atom stereocenters. The highest BCUT2D eigenvalue weighted by atomic mass is 16.2. The van der Waals surface area contributed by atoms with Crippen LogP contribution in [0.4, 0.5) is 0 Å². The standard InChI is InChI=1S/C13H25N3O/c1-13(4-2-3-5-13)11-15-12(17)10-16-8-6-14-7-9-16/h14H,2-11H2,1H3,(H,15,17). The Morgan fingerprint density at radius 1 is 1.29 bits per heavy atom. The molecule has 2 rings (SSSR count). The lowest BCUT2D eigenvalue weighted by molar-refractivity contribution is -0.122. The molecule has 0 aromatic rings. The molecule has 1 aliphatic carbocycles. The second kappa shape index (κ2) is 5.83. The Hall–Kier alpha value is -0.610. The van der Waals surface area contributed by atoms with Gasteiger partial charge in [0, 0.05) is 32.7 Å². The highest BCUT2D eigenvalue weighted by Crippen LogP contribution is 2.36. The van der Waals surface area contributed by atoms with Crippen LogP contribution in [0.2, 0.25) is 0 Å². The fourth-order valence-electron chi connectivity index (χ4n) is 2.85. The number of carbonyl (C=O) groups excluding carboxylic acids is 1. The molecule has 1 aliphatic heterocycles. The van der Waals surface area contributed by atoms with Crippen LogP contribution in [0.1, 0.15) is 32.6 Å². The Morgan fingerprint density at radius 2 is 1.94 bits per heavy atom. The molecule has 0 spiro atoms. The van der Waals surface area contributed by atoms with Gasteiger partial charge in [-0.05, 0) is 18.3 Å². The molecule has 17 heavy (non-hydrogen) atoms. The maximum absolute atomic E-state index is 11.8. The molecule has 98 valence electrons. The average molecular weight is 239 g/mol. The van der Waals surface area contributed by atoms with Crippen molar-refractivity contribution in [1.29, 1.82) is 0 Å². The maximum atomic E-state index is 11.8. The molecule has 0 bridgehead atoms. The first-order valence-electron chi connectivity index (χ1n) is 6.88. The predicted octanol–water partition coefficient (Wildman–Crippen LogP) is 0.588. The van der Waals surface area contributed by atoms with E-state index in [1.54, 1.807) is 0 Å². The number of hydrogen-bond donors (Lipinski definition) is 2. The lowest BCUT2D eigenvalue weighted by Crippen LogP contribution is -2.48. The Balaban J connectivity index is 1.66. The van der Waals surface area contributed by atoms with Crippen molar-refractivity contribution in [2.24, 2.45) is 5.41 Å². The maximum Gasteiger partial charge on any atom is 0.234 e. The molecule has 0 aromatic heterocycles. The number of amides is 1. The summed E-state index contributed by atoms with van der Waals surface area (Å²) in [6.45, 7) is 7.71. The topological polar surface area (TPSA) is 44.4 Å². The van der Waals surface area contributed by atoms with E-state index in [0.717, 1.165) is 32.7 Å². The van der Waals surface area contributed by atoms with Gasteiger partial charge in [-0.2, -0.15) is 0 Å². The molecular formula is C13H25N3O. The molecule has 1 amide bonds. The zero-order valence-electron chi connectivity index (χ0n) is 10.9. The summed E-state index contributed by atoms with van der Waals surface area (Å²) < 4.78 is 0. The van der Waals surface area contributed by atoms with E-state index in [4.69, 9.17) is 0 Å². The van der Waals surface area contributed by atoms with Crippen LogP contribution in [0.15, 0.2) is 0 Å². The van der Waals surface area contributed by atoms with E-state index < -0.39 is 0 Å². The summed E-state index contributed by atoms with van der Waals surface area (Å²) in [4.78, 5) is 14.1. The Labute approximate surface area is 104 Å². The molecule has 1 saturated heterocycles. The predicted molar refractivity (Wildman–Crippen MR) is 68.9 cm³/mol. The lowest BCUT2D eigenvalue weighted by Gasteiger charge is -2.28. The molecule has 0 radical (unpaired) electrons. The third-order valence-electron chi connectivity index (χ3n) is 4.10. The van der Waals surface area contributed by atoms with Crippen LogP contribution < -0.4 is 10.6 Å². The van der Waals surface area contributed by atoms with Gasteiger partial charge in [0.2, 0.25) is 5.91 Å². The van der Waals surface area contributed by atoms with E-state index in [0.29, 0.717) is 12.0 Å². The zero-order chi connectivity index (χ0) is 12.1.